The van der Waals surface area contributed by atoms with Crippen molar-refractivity contribution in [3.63, 3.8) is 0 Å². The third-order valence-electron chi connectivity index (χ3n) is 3.84. The Morgan fingerprint density at radius 1 is 1.12 bits per heavy atom. The summed E-state index contributed by atoms with van der Waals surface area (Å²) in [6, 6.07) is 14.4. The predicted octanol–water partition coefficient (Wildman–Crippen LogP) is 3.30. The van der Waals surface area contributed by atoms with Gasteiger partial charge in [-0.3, -0.25) is 4.99 Å². The van der Waals surface area contributed by atoms with Gasteiger partial charge < -0.3 is 15.4 Å². The number of halogens is 1. The molecule has 0 aliphatic heterocycles. The van der Waals surface area contributed by atoms with Gasteiger partial charge in [-0.2, -0.15) is 0 Å². The Morgan fingerprint density at radius 2 is 1.83 bits per heavy atom. The lowest BCUT2D eigenvalue weighted by Crippen LogP contribution is -2.38. The van der Waals surface area contributed by atoms with Crippen LogP contribution in [0.4, 0.5) is 4.39 Å². The van der Waals surface area contributed by atoms with Crippen LogP contribution in [0.15, 0.2) is 53.5 Å². The van der Waals surface area contributed by atoms with Crippen LogP contribution in [0.1, 0.15) is 24.0 Å². The number of rotatable bonds is 6. The van der Waals surface area contributed by atoms with Gasteiger partial charge in [-0.1, -0.05) is 37.3 Å². The first kappa shape index (κ1) is 17.8. The predicted molar refractivity (Wildman–Crippen MR) is 96.0 cm³/mol. The van der Waals surface area contributed by atoms with Crippen LogP contribution in [0, 0.1) is 5.82 Å². The zero-order chi connectivity index (χ0) is 17.4. The molecule has 0 bridgehead atoms. The zero-order valence-electron chi connectivity index (χ0n) is 14.3. The second kappa shape index (κ2) is 8.91. The lowest BCUT2D eigenvalue weighted by atomic mass is 10.0. The van der Waals surface area contributed by atoms with Crippen LogP contribution < -0.4 is 15.4 Å². The summed E-state index contributed by atoms with van der Waals surface area (Å²) in [7, 11) is 3.41. The van der Waals surface area contributed by atoms with E-state index >= 15 is 0 Å². The largest absolute Gasteiger partial charge is 0.496 e. The van der Waals surface area contributed by atoms with Gasteiger partial charge >= 0.3 is 0 Å². The van der Waals surface area contributed by atoms with E-state index < -0.39 is 0 Å². The van der Waals surface area contributed by atoms with E-state index in [-0.39, 0.29) is 11.7 Å². The van der Waals surface area contributed by atoms with E-state index in [0.717, 1.165) is 23.4 Å². The summed E-state index contributed by atoms with van der Waals surface area (Å²) in [6.07, 6.45) is 0. The Balaban J connectivity index is 1.88. The van der Waals surface area contributed by atoms with E-state index in [4.69, 9.17) is 4.74 Å². The van der Waals surface area contributed by atoms with Gasteiger partial charge in [0, 0.05) is 26.1 Å². The Morgan fingerprint density at radius 3 is 2.50 bits per heavy atom. The maximum absolute atomic E-state index is 12.9. The molecule has 1 atom stereocenters. The summed E-state index contributed by atoms with van der Waals surface area (Å²) in [6.45, 7) is 3.45. The first-order valence-electron chi connectivity index (χ1n) is 7.96. The van der Waals surface area contributed by atoms with Gasteiger partial charge in [0.05, 0.1) is 7.11 Å². The van der Waals surface area contributed by atoms with Crippen molar-refractivity contribution in [2.45, 2.75) is 19.4 Å². The molecule has 24 heavy (non-hydrogen) atoms. The summed E-state index contributed by atoms with van der Waals surface area (Å²) in [5, 5.41) is 6.54. The molecule has 0 aromatic heterocycles. The van der Waals surface area contributed by atoms with E-state index in [0.29, 0.717) is 12.5 Å². The normalized spacial score (nSPS) is 12.6. The van der Waals surface area contributed by atoms with Gasteiger partial charge in [-0.15, -0.1) is 0 Å². The number of ether oxygens (including phenoxy) is 1. The van der Waals surface area contributed by atoms with E-state index in [1.54, 1.807) is 26.3 Å². The quantitative estimate of drug-likeness (QED) is 0.631. The Bertz CT molecular complexity index is 671. The van der Waals surface area contributed by atoms with Crippen molar-refractivity contribution in [1.82, 2.24) is 10.6 Å². The molecule has 0 radical (unpaired) electrons. The number of methoxy groups -OCH3 is 1. The summed E-state index contributed by atoms with van der Waals surface area (Å²) in [5.74, 6) is 1.64. The maximum Gasteiger partial charge on any atom is 0.191 e. The molecule has 4 nitrogen and oxygen atoms in total. The number of para-hydroxylation sites is 1. The van der Waals surface area contributed by atoms with E-state index in [2.05, 4.69) is 28.6 Å². The fraction of sp³-hybridized carbons (Fsp3) is 0.316. The maximum atomic E-state index is 12.9. The van der Waals surface area contributed by atoms with Crippen LogP contribution >= 0.6 is 0 Å². The molecule has 0 saturated heterocycles. The molecule has 0 aliphatic rings. The zero-order valence-corrected chi connectivity index (χ0v) is 14.3. The Hall–Kier alpha value is -2.56. The average Bonchev–Trinajstić information content (AvgIpc) is 2.63. The van der Waals surface area contributed by atoms with Crippen LogP contribution in [0.25, 0.3) is 0 Å². The van der Waals surface area contributed by atoms with Crippen LogP contribution in [0.5, 0.6) is 5.75 Å². The molecule has 0 saturated carbocycles. The van der Waals surface area contributed by atoms with Crippen molar-refractivity contribution in [1.29, 1.82) is 0 Å². The van der Waals surface area contributed by atoms with Gasteiger partial charge in [-0.25, -0.2) is 4.39 Å². The minimum Gasteiger partial charge on any atom is -0.496 e. The molecule has 0 amide bonds. The molecule has 5 heteroatoms. The van der Waals surface area contributed by atoms with Crippen molar-refractivity contribution in [2.75, 3.05) is 20.7 Å². The first-order chi connectivity index (χ1) is 11.6. The molecule has 1 unspecified atom stereocenters. The van der Waals surface area contributed by atoms with Crippen molar-refractivity contribution >= 4 is 5.96 Å². The van der Waals surface area contributed by atoms with Gasteiger partial charge in [0.2, 0.25) is 0 Å². The number of nitrogens with one attached hydrogen (secondary N) is 2. The van der Waals surface area contributed by atoms with Gasteiger partial charge in [0.1, 0.15) is 11.6 Å². The van der Waals surface area contributed by atoms with Crippen molar-refractivity contribution in [3.8, 4) is 5.75 Å². The van der Waals surface area contributed by atoms with E-state index in [1.807, 2.05) is 18.2 Å². The van der Waals surface area contributed by atoms with E-state index in [1.165, 1.54) is 12.1 Å². The molecule has 0 fully saturated rings. The third-order valence-corrected chi connectivity index (χ3v) is 3.84. The first-order valence-corrected chi connectivity index (χ1v) is 7.96. The fourth-order valence-electron chi connectivity index (χ4n) is 2.44. The highest BCUT2D eigenvalue weighted by Crippen LogP contribution is 2.25. The molecule has 0 heterocycles. The average molecular weight is 329 g/mol. The molecule has 0 aliphatic carbocycles. The number of benzene rings is 2. The molecule has 128 valence electrons. The van der Waals surface area contributed by atoms with Crippen LogP contribution in [0.2, 0.25) is 0 Å². The minimum absolute atomic E-state index is 0.230. The lowest BCUT2D eigenvalue weighted by molar-refractivity contribution is 0.406. The highest BCUT2D eigenvalue weighted by atomic mass is 19.1. The second-order valence-corrected chi connectivity index (χ2v) is 5.58. The summed E-state index contributed by atoms with van der Waals surface area (Å²) in [5.41, 5.74) is 2.15. The van der Waals surface area contributed by atoms with Gasteiger partial charge in [0.25, 0.3) is 0 Å². The monoisotopic (exact) mass is 329 g/mol. The van der Waals surface area contributed by atoms with Crippen LogP contribution in [-0.4, -0.2) is 26.7 Å². The highest BCUT2D eigenvalue weighted by Gasteiger charge is 2.11. The lowest BCUT2D eigenvalue weighted by Gasteiger charge is -2.18. The SMILES string of the molecule is CN=C(NCc1ccc(F)cc1)NCC(C)c1ccccc1OC. The highest BCUT2D eigenvalue weighted by molar-refractivity contribution is 5.79. The van der Waals surface area contributed by atoms with Crippen molar-refractivity contribution in [3.05, 3.63) is 65.5 Å². The Kier molecular flexibility index (Phi) is 6.61. The standard InChI is InChI=1S/C19H24FN3O/c1-14(17-6-4-5-7-18(17)24-3)12-22-19(21-2)23-13-15-8-10-16(20)11-9-15/h4-11,14H,12-13H2,1-3H3,(H2,21,22,23). The summed E-state index contributed by atoms with van der Waals surface area (Å²) in [4.78, 5) is 4.22. The smallest absolute Gasteiger partial charge is 0.191 e. The van der Waals surface area contributed by atoms with Crippen LogP contribution in [-0.2, 0) is 6.54 Å². The minimum atomic E-state index is -0.230. The number of nitrogens with zero attached hydrogens (tertiary/aromatic N) is 1. The van der Waals surface area contributed by atoms with Crippen LogP contribution in [0.3, 0.4) is 0 Å². The number of hydrogen-bond acceptors (Lipinski definition) is 2. The van der Waals surface area contributed by atoms with Crippen molar-refractivity contribution < 1.29 is 9.13 Å². The summed E-state index contributed by atoms with van der Waals surface area (Å²) >= 11 is 0. The number of aliphatic imine (C=N–C) groups is 1. The molecule has 2 aromatic rings. The number of guanidine groups is 1. The fourth-order valence-corrected chi connectivity index (χ4v) is 2.44. The molecule has 2 rings (SSSR count). The van der Waals surface area contributed by atoms with Gasteiger partial charge in [0.15, 0.2) is 5.96 Å². The topological polar surface area (TPSA) is 45.7 Å². The third kappa shape index (κ3) is 4.98. The molecule has 2 aromatic carbocycles. The molecular formula is C19H24FN3O. The molecule has 2 N–H and O–H groups in total. The second-order valence-electron chi connectivity index (χ2n) is 5.58. The summed E-state index contributed by atoms with van der Waals surface area (Å²) < 4.78 is 18.3. The number of hydrogen-bond donors (Lipinski definition) is 2. The van der Waals surface area contributed by atoms with E-state index in [9.17, 15) is 4.39 Å². The molecule has 0 spiro atoms. The Labute approximate surface area is 142 Å². The molecular weight excluding hydrogens is 305 g/mol. The van der Waals surface area contributed by atoms with Crippen molar-refractivity contribution in [2.24, 2.45) is 4.99 Å². The van der Waals surface area contributed by atoms with Gasteiger partial charge in [-0.05, 0) is 29.3 Å².